The second kappa shape index (κ2) is 6.91. The van der Waals surface area contributed by atoms with Crippen LogP contribution in [0.3, 0.4) is 0 Å². The molecule has 0 saturated carbocycles. The van der Waals surface area contributed by atoms with E-state index in [1.165, 1.54) is 0 Å². The van der Waals surface area contributed by atoms with Gasteiger partial charge in [0.1, 0.15) is 11.9 Å². The number of carbonyl (C=O) groups excluding carboxylic acids is 1. The van der Waals surface area contributed by atoms with Crippen LogP contribution in [-0.2, 0) is 20.9 Å². The molecule has 2 rings (SSSR count). The van der Waals surface area contributed by atoms with Crippen molar-refractivity contribution in [2.45, 2.75) is 31.6 Å². The Bertz CT molecular complexity index is 548. The summed E-state index contributed by atoms with van der Waals surface area (Å²) in [5.74, 6) is -0.658. The summed E-state index contributed by atoms with van der Waals surface area (Å²) in [6.45, 7) is 0.291. The summed E-state index contributed by atoms with van der Waals surface area (Å²) in [6.07, 6.45) is -0.822. The summed E-state index contributed by atoms with van der Waals surface area (Å²) < 4.78 is 11.3. The first-order chi connectivity index (χ1) is 10.0. The summed E-state index contributed by atoms with van der Waals surface area (Å²) >= 11 is 3.36. The number of rotatable bonds is 5. The molecular formula is C14H16BrNO5. The Labute approximate surface area is 130 Å². The normalized spacial score (nSPS) is 21.0. The maximum Gasteiger partial charge on any atom is 0.332 e. The van der Waals surface area contributed by atoms with Crippen molar-refractivity contribution in [1.29, 1.82) is 0 Å². The standard InChI is InChI=1S/C14H16BrNO5/c1-20-10-3-2-9(15)6-8(10)7-16-13(17)11-4-5-12(21-11)14(18)19/h2-3,6,11-12H,4-5,7H2,1H3,(H,16,17)(H,18,19)/t11-,12+/m0/s1. The Morgan fingerprint density at radius 2 is 2.14 bits per heavy atom. The first-order valence-electron chi connectivity index (χ1n) is 6.49. The van der Waals surface area contributed by atoms with Gasteiger partial charge in [-0.1, -0.05) is 15.9 Å². The Morgan fingerprint density at radius 1 is 1.43 bits per heavy atom. The lowest BCUT2D eigenvalue weighted by Crippen LogP contribution is -2.35. The van der Waals surface area contributed by atoms with Gasteiger partial charge in [-0.05, 0) is 31.0 Å². The largest absolute Gasteiger partial charge is 0.496 e. The number of benzene rings is 1. The number of methoxy groups -OCH3 is 1. The van der Waals surface area contributed by atoms with Gasteiger partial charge in [0.15, 0.2) is 6.10 Å². The van der Waals surface area contributed by atoms with Crippen LogP contribution in [0.4, 0.5) is 0 Å². The first-order valence-corrected chi connectivity index (χ1v) is 7.29. The smallest absolute Gasteiger partial charge is 0.332 e. The van der Waals surface area contributed by atoms with Crippen molar-refractivity contribution in [3.05, 3.63) is 28.2 Å². The molecule has 0 aromatic heterocycles. The van der Waals surface area contributed by atoms with Crippen LogP contribution in [0.1, 0.15) is 18.4 Å². The lowest BCUT2D eigenvalue weighted by molar-refractivity contribution is -0.151. The van der Waals surface area contributed by atoms with Gasteiger partial charge >= 0.3 is 5.97 Å². The predicted molar refractivity (Wildman–Crippen MR) is 78.1 cm³/mol. The second-order valence-corrected chi connectivity index (χ2v) is 5.62. The maximum absolute atomic E-state index is 12.0. The van der Waals surface area contributed by atoms with Crippen LogP contribution in [0, 0.1) is 0 Å². The van der Waals surface area contributed by atoms with Crippen molar-refractivity contribution < 1.29 is 24.2 Å². The molecule has 21 heavy (non-hydrogen) atoms. The van der Waals surface area contributed by atoms with Gasteiger partial charge in [-0.2, -0.15) is 0 Å². The molecule has 1 aromatic rings. The van der Waals surface area contributed by atoms with E-state index in [-0.39, 0.29) is 5.91 Å². The van der Waals surface area contributed by atoms with Crippen molar-refractivity contribution in [1.82, 2.24) is 5.32 Å². The van der Waals surface area contributed by atoms with Crippen LogP contribution in [0.2, 0.25) is 0 Å². The van der Waals surface area contributed by atoms with Gasteiger partial charge in [-0.25, -0.2) is 4.79 Å². The molecule has 6 nitrogen and oxygen atoms in total. The molecule has 1 heterocycles. The highest BCUT2D eigenvalue weighted by molar-refractivity contribution is 9.10. The highest BCUT2D eigenvalue weighted by Gasteiger charge is 2.34. The fourth-order valence-corrected chi connectivity index (χ4v) is 2.60. The summed E-state index contributed by atoms with van der Waals surface area (Å²) in [5, 5.41) is 11.6. The monoisotopic (exact) mass is 357 g/mol. The third kappa shape index (κ3) is 3.95. The molecule has 1 aromatic carbocycles. The highest BCUT2D eigenvalue weighted by atomic mass is 79.9. The number of carboxylic acids is 1. The lowest BCUT2D eigenvalue weighted by atomic mass is 10.1. The Hall–Kier alpha value is -1.60. The molecule has 0 radical (unpaired) electrons. The van der Waals surface area contributed by atoms with Gasteiger partial charge in [0.25, 0.3) is 0 Å². The molecule has 7 heteroatoms. The molecule has 2 atom stereocenters. The van der Waals surface area contributed by atoms with Gasteiger partial charge in [0.2, 0.25) is 5.91 Å². The van der Waals surface area contributed by atoms with Crippen molar-refractivity contribution in [3.63, 3.8) is 0 Å². The third-order valence-corrected chi connectivity index (χ3v) is 3.78. The molecule has 114 valence electrons. The molecule has 1 amide bonds. The van der Waals surface area contributed by atoms with E-state index < -0.39 is 18.2 Å². The molecule has 1 aliphatic rings. The number of amides is 1. The number of hydrogen-bond acceptors (Lipinski definition) is 4. The topological polar surface area (TPSA) is 84.9 Å². The fourth-order valence-electron chi connectivity index (χ4n) is 2.19. The zero-order chi connectivity index (χ0) is 15.4. The van der Waals surface area contributed by atoms with Crippen molar-refractivity contribution >= 4 is 27.8 Å². The number of ether oxygens (including phenoxy) is 2. The van der Waals surface area contributed by atoms with E-state index in [9.17, 15) is 9.59 Å². The second-order valence-electron chi connectivity index (χ2n) is 4.70. The molecule has 1 fully saturated rings. The number of halogens is 1. The van der Waals surface area contributed by atoms with E-state index in [0.29, 0.717) is 25.1 Å². The summed E-state index contributed by atoms with van der Waals surface area (Å²) in [7, 11) is 1.56. The quantitative estimate of drug-likeness (QED) is 0.837. The van der Waals surface area contributed by atoms with Crippen LogP contribution >= 0.6 is 15.9 Å². The van der Waals surface area contributed by atoms with E-state index in [0.717, 1.165) is 10.0 Å². The summed E-state index contributed by atoms with van der Waals surface area (Å²) in [5.41, 5.74) is 0.827. The number of nitrogens with one attached hydrogen (secondary N) is 1. The number of carboxylic acid groups (broad SMARTS) is 1. The molecule has 0 spiro atoms. The van der Waals surface area contributed by atoms with E-state index >= 15 is 0 Å². The van der Waals surface area contributed by atoms with Crippen LogP contribution < -0.4 is 10.1 Å². The summed E-state index contributed by atoms with van der Waals surface area (Å²) in [4.78, 5) is 22.8. The maximum atomic E-state index is 12.0. The molecule has 0 aliphatic carbocycles. The van der Waals surface area contributed by atoms with E-state index in [1.807, 2.05) is 12.1 Å². The average molecular weight is 358 g/mol. The Balaban J connectivity index is 1.93. The van der Waals surface area contributed by atoms with Gasteiger partial charge in [-0.3, -0.25) is 4.79 Å². The average Bonchev–Trinajstić information content (AvgIpc) is 2.95. The number of hydrogen-bond donors (Lipinski definition) is 2. The van der Waals surface area contributed by atoms with Gasteiger partial charge in [-0.15, -0.1) is 0 Å². The lowest BCUT2D eigenvalue weighted by Gasteiger charge is -2.13. The first kappa shape index (κ1) is 15.8. The van der Waals surface area contributed by atoms with Crippen LogP contribution in [0.5, 0.6) is 5.75 Å². The highest BCUT2D eigenvalue weighted by Crippen LogP contribution is 2.23. The molecule has 1 saturated heterocycles. The van der Waals surface area contributed by atoms with Gasteiger partial charge in [0, 0.05) is 16.6 Å². The fraction of sp³-hybridized carbons (Fsp3) is 0.429. The van der Waals surface area contributed by atoms with Gasteiger partial charge < -0.3 is 19.9 Å². The molecule has 0 bridgehead atoms. The SMILES string of the molecule is COc1ccc(Br)cc1CNC(=O)[C@@H]1CC[C@H](C(=O)O)O1. The van der Waals surface area contributed by atoms with Crippen LogP contribution in [0.25, 0.3) is 0 Å². The Morgan fingerprint density at radius 3 is 2.76 bits per heavy atom. The molecule has 1 aliphatic heterocycles. The van der Waals surface area contributed by atoms with E-state index in [4.69, 9.17) is 14.6 Å². The minimum absolute atomic E-state index is 0.291. The molecular weight excluding hydrogens is 342 g/mol. The van der Waals surface area contributed by atoms with E-state index in [2.05, 4.69) is 21.2 Å². The predicted octanol–water partition coefficient (Wildman–Crippen LogP) is 1.71. The van der Waals surface area contributed by atoms with Crippen molar-refractivity contribution in [3.8, 4) is 5.75 Å². The van der Waals surface area contributed by atoms with Crippen LogP contribution in [0.15, 0.2) is 22.7 Å². The number of carbonyl (C=O) groups is 2. The van der Waals surface area contributed by atoms with Gasteiger partial charge in [0.05, 0.1) is 7.11 Å². The minimum Gasteiger partial charge on any atom is -0.496 e. The third-order valence-electron chi connectivity index (χ3n) is 3.28. The number of aliphatic carboxylic acids is 1. The zero-order valence-electron chi connectivity index (χ0n) is 11.5. The van der Waals surface area contributed by atoms with Crippen molar-refractivity contribution in [2.24, 2.45) is 0 Å². The Kier molecular flexibility index (Phi) is 5.19. The minimum atomic E-state index is -1.03. The van der Waals surface area contributed by atoms with Crippen molar-refractivity contribution in [2.75, 3.05) is 7.11 Å². The van der Waals surface area contributed by atoms with Crippen LogP contribution in [-0.4, -0.2) is 36.3 Å². The molecule has 0 unspecified atom stereocenters. The molecule has 2 N–H and O–H groups in total. The zero-order valence-corrected chi connectivity index (χ0v) is 13.1. The summed E-state index contributed by atoms with van der Waals surface area (Å²) in [6, 6.07) is 5.51. The van der Waals surface area contributed by atoms with E-state index in [1.54, 1.807) is 13.2 Å².